The van der Waals surface area contributed by atoms with Gasteiger partial charge in [-0.05, 0) is 6.07 Å². The van der Waals surface area contributed by atoms with Gasteiger partial charge in [-0.15, -0.1) is 11.8 Å². The molecular weight excluding hydrogens is 288 g/mol. The van der Waals surface area contributed by atoms with Crippen LogP contribution in [-0.2, 0) is 9.59 Å². The van der Waals surface area contributed by atoms with Gasteiger partial charge >= 0.3 is 11.7 Å². The van der Waals surface area contributed by atoms with Crippen molar-refractivity contribution >= 4 is 35.1 Å². The molecule has 1 rings (SSSR count). The zero-order valence-corrected chi connectivity index (χ0v) is 11.2. The van der Waals surface area contributed by atoms with Gasteiger partial charge in [0.25, 0.3) is 0 Å². The number of hydrogen-bond acceptors (Lipinski definition) is 7. The highest BCUT2D eigenvalue weighted by Crippen LogP contribution is 2.24. The average molecular weight is 300 g/mol. The van der Waals surface area contributed by atoms with E-state index in [1.807, 2.05) is 0 Å². The largest absolute Gasteiger partial charge is 0.480 e. The van der Waals surface area contributed by atoms with Gasteiger partial charge in [0.15, 0.2) is 0 Å². The predicted octanol–water partition coefficient (Wildman–Crippen LogP) is 0.253. The molecule has 0 aliphatic carbocycles. The van der Waals surface area contributed by atoms with Crippen molar-refractivity contribution in [2.24, 2.45) is 0 Å². The number of aromatic nitrogens is 1. The Hall–Kier alpha value is -2.36. The first-order valence-electron chi connectivity index (χ1n) is 5.35. The van der Waals surface area contributed by atoms with Crippen LogP contribution in [0.3, 0.4) is 0 Å². The van der Waals surface area contributed by atoms with E-state index in [-0.39, 0.29) is 17.3 Å². The molecule has 0 fully saturated rings. The lowest BCUT2D eigenvalue weighted by atomic mass is 10.3. The van der Waals surface area contributed by atoms with Crippen LogP contribution in [0.5, 0.6) is 0 Å². The van der Waals surface area contributed by atoms with E-state index in [4.69, 9.17) is 10.8 Å². The van der Waals surface area contributed by atoms with Gasteiger partial charge in [-0.25, -0.2) is 9.78 Å². The van der Waals surface area contributed by atoms with Crippen molar-refractivity contribution in [1.82, 2.24) is 10.3 Å². The Labute approximate surface area is 117 Å². The molecule has 1 amide bonds. The number of nitro groups is 1. The van der Waals surface area contributed by atoms with Gasteiger partial charge < -0.3 is 16.2 Å². The van der Waals surface area contributed by atoms with E-state index < -0.39 is 22.8 Å². The Morgan fingerprint density at radius 1 is 1.60 bits per heavy atom. The van der Waals surface area contributed by atoms with E-state index in [0.29, 0.717) is 5.03 Å². The zero-order valence-electron chi connectivity index (χ0n) is 10.4. The summed E-state index contributed by atoms with van der Waals surface area (Å²) in [4.78, 5) is 35.5. The highest BCUT2D eigenvalue weighted by Gasteiger charge is 2.20. The summed E-state index contributed by atoms with van der Waals surface area (Å²) >= 11 is 1.02. The first kappa shape index (κ1) is 15.7. The van der Waals surface area contributed by atoms with Crippen LogP contribution in [0.4, 0.5) is 11.5 Å². The third-order valence-corrected chi connectivity index (χ3v) is 3.17. The number of nitrogens with zero attached hydrogens (tertiary/aromatic N) is 2. The van der Waals surface area contributed by atoms with Crippen LogP contribution in [0.1, 0.15) is 6.92 Å². The molecule has 20 heavy (non-hydrogen) atoms. The number of carboxylic acids is 1. The number of nitrogens with one attached hydrogen (secondary N) is 1. The topological polar surface area (TPSA) is 148 Å². The number of aliphatic carboxylic acids is 1. The number of anilines is 1. The Bertz CT molecular complexity index is 550. The van der Waals surface area contributed by atoms with Crippen molar-refractivity contribution in [2.45, 2.75) is 18.0 Å². The van der Waals surface area contributed by atoms with Crippen LogP contribution in [0, 0.1) is 10.1 Å². The van der Waals surface area contributed by atoms with Crippen LogP contribution in [-0.4, -0.2) is 38.7 Å². The smallest absolute Gasteiger partial charge is 0.327 e. The number of hydrogen-bond donors (Lipinski definition) is 3. The molecule has 0 aromatic carbocycles. The van der Waals surface area contributed by atoms with Gasteiger partial charge in [0.05, 0.1) is 9.95 Å². The molecule has 1 heterocycles. The molecule has 10 heteroatoms. The number of carboxylic acid groups (broad SMARTS) is 1. The molecule has 108 valence electrons. The van der Waals surface area contributed by atoms with Crippen LogP contribution in [0.2, 0.25) is 0 Å². The van der Waals surface area contributed by atoms with Crippen molar-refractivity contribution in [3.8, 4) is 0 Å². The second-order valence-corrected chi connectivity index (χ2v) is 4.75. The number of carbonyl (C=O) groups excluding carboxylic acids is 1. The van der Waals surface area contributed by atoms with E-state index >= 15 is 0 Å². The zero-order chi connectivity index (χ0) is 15.3. The molecule has 1 aromatic rings. The SMILES string of the molecule is CC(=O)NC(CSc1ccc([N+](=O)[O-])c(N)n1)C(=O)O. The summed E-state index contributed by atoms with van der Waals surface area (Å²) in [6.07, 6.45) is 0. The standard InChI is InChI=1S/C10H12N4O5S/c1-5(15)12-6(10(16)17)4-20-8-3-2-7(14(18)19)9(11)13-8/h2-3,6H,4H2,1H3,(H2,11,13)(H,12,15)(H,16,17). The molecule has 4 N–H and O–H groups in total. The lowest BCUT2D eigenvalue weighted by molar-refractivity contribution is -0.384. The number of nitrogen functional groups attached to an aromatic ring is 1. The minimum Gasteiger partial charge on any atom is -0.480 e. The highest BCUT2D eigenvalue weighted by atomic mass is 32.2. The van der Waals surface area contributed by atoms with Crippen LogP contribution in [0.15, 0.2) is 17.2 Å². The maximum absolute atomic E-state index is 10.9. The second-order valence-electron chi connectivity index (χ2n) is 3.71. The number of thioether (sulfide) groups is 1. The predicted molar refractivity (Wildman–Crippen MR) is 71.3 cm³/mol. The van der Waals surface area contributed by atoms with Gasteiger partial charge in [0, 0.05) is 18.7 Å². The molecule has 0 radical (unpaired) electrons. The molecule has 0 bridgehead atoms. The summed E-state index contributed by atoms with van der Waals surface area (Å²) in [5.74, 6) is -1.86. The fraction of sp³-hybridized carbons (Fsp3) is 0.300. The van der Waals surface area contributed by atoms with Crippen molar-refractivity contribution < 1.29 is 19.6 Å². The summed E-state index contributed by atoms with van der Waals surface area (Å²) in [5, 5.41) is 22.1. The van der Waals surface area contributed by atoms with Crippen molar-refractivity contribution in [3.05, 3.63) is 22.2 Å². The average Bonchev–Trinajstić information content (AvgIpc) is 2.33. The quantitative estimate of drug-likeness (QED) is 0.384. The number of rotatable bonds is 6. The van der Waals surface area contributed by atoms with Crippen molar-refractivity contribution in [1.29, 1.82) is 0 Å². The third kappa shape index (κ3) is 4.39. The molecule has 1 unspecified atom stereocenters. The lowest BCUT2D eigenvalue weighted by Crippen LogP contribution is -2.41. The molecular formula is C10H12N4O5S. The highest BCUT2D eigenvalue weighted by molar-refractivity contribution is 7.99. The maximum atomic E-state index is 10.9. The summed E-state index contributed by atoms with van der Waals surface area (Å²) in [6.45, 7) is 1.21. The summed E-state index contributed by atoms with van der Waals surface area (Å²) < 4.78 is 0. The number of pyridine rings is 1. The van der Waals surface area contributed by atoms with Gasteiger partial charge in [0.1, 0.15) is 6.04 Å². The summed E-state index contributed by atoms with van der Waals surface area (Å²) in [5.41, 5.74) is 5.10. The van der Waals surface area contributed by atoms with Gasteiger partial charge in [-0.2, -0.15) is 0 Å². The molecule has 0 aliphatic heterocycles. The molecule has 0 aliphatic rings. The molecule has 1 atom stereocenters. The molecule has 9 nitrogen and oxygen atoms in total. The normalized spacial score (nSPS) is 11.7. The minimum absolute atomic E-state index is 0.0269. The maximum Gasteiger partial charge on any atom is 0.327 e. The Kier molecular flexibility index (Phi) is 5.26. The molecule has 0 saturated carbocycles. The number of amides is 1. The summed E-state index contributed by atoms with van der Waals surface area (Å²) in [6, 6.07) is 1.49. The van der Waals surface area contributed by atoms with Gasteiger partial charge in [0.2, 0.25) is 11.7 Å². The first-order chi connectivity index (χ1) is 9.31. The minimum atomic E-state index is -1.18. The fourth-order valence-corrected chi connectivity index (χ4v) is 2.16. The third-order valence-electron chi connectivity index (χ3n) is 2.15. The lowest BCUT2D eigenvalue weighted by Gasteiger charge is -2.12. The monoisotopic (exact) mass is 300 g/mol. The van der Waals surface area contributed by atoms with E-state index in [1.165, 1.54) is 19.1 Å². The number of carbonyl (C=O) groups is 2. The van der Waals surface area contributed by atoms with Gasteiger partial charge in [-0.1, -0.05) is 0 Å². The Morgan fingerprint density at radius 2 is 2.25 bits per heavy atom. The van der Waals surface area contributed by atoms with Gasteiger partial charge in [-0.3, -0.25) is 14.9 Å². The van der Waals surface area contributed by atoms with Crippen molar-refractivity contribution in [3.63, 3.8) is 0 Å². The van der Waals surface area contributed by atoms with E-state index in [1.54, 1.807) is 0 Å². The molecule has 1 aromatic heterocycles. The number of nitrogens with two attached hydrogens (primary N) is 1. The second kappa shape index (κ2) is 6.70. The Morgan fingerprint density at radius 3 is 2.70 bits per heavy atom. The van der Waals surface area contributed by atoms with E-state index in [9.17, 15) is 19.7 Å². The fourth-order valence-electron chi connectivity index (χ4n) is 1.27. The van der Waals surface area contributed by atoms with E-state index in [0.717, 1.165) is 11.8 Å². The summed E-state index contributed by atoms with van der Waals surface area (Å²) in [7, 11) is 0. The Balaban J connectivity index is 2.73. The molecule has 0 saturated heterocycles. The van der Waals surface area contributed by atoms with Crippen LogP contribution in [0.25, 0.3) is 0 Å². The van der Waals surface area contributed by atoms with E-state index in [2.05, 4.69) is 10.3 Å². The van der Waals surface area contributed by atoms with Crippen molar-refractivity contribution in [2.75, 3.05) is 11.5 Å². The molecule has 0 spiro atoms. The van der Waals surface area contributed by atoms with Crippen LogP contribution < -0.4 is 11.1 Å². The first-order valence-corrected chi connectivity index (χ1v) is 6.33. The van der Waals surface area contributed by atoms with Crippen LogP contribution >= 0.6 is 11.8 Å².